The Balaban J connectivity index is 1.62. The van der Waals surface area contributed by atoms with Crippen LogP contribution in [0.15, 0.2) is 59.1 Å². The second kappa shape index (κ2) is 7.00. The van der Waals surface area contributed by atoms with Crippen LogP contribution in [0.25, 0.3) is 11.3 Å². The second-order valence-corrected chi connectivity index (χ2v) is 5.46. The summed E-state index contributed by atoms with van der Waals surface area (Å²) in [5, 5.41) is 6.82. The minimum Gasteiger partial charge on any atom is -0.497 e. The van der Waals surface area contributed by atoms with Crippen molar-refractivity contribution in [3.8, 4) is 17.1 Å². The van der Waals surface area contributed by atoms with Crippen LogP contribution in [-0.2, 0) is 6.54 Å². The molecular weight excluding hydrogens is 304 g/mol. The summed E-state index contributed by atoms with van der Waals surface area (Å²) in [6.07, 6.45) is 0. The van der Waals surface area contributed by atoms with Crippen LogP contribution in [0.5, 0.6) is 5.75 Å². The molecule has 0 saturated carbocycles. The average Bonchev–Trinajstić information content (AvgIpc) is 3.09. The number of ether oxygens (including phenoxy) is 1. The molecule has 0 aliphatic heterocycles. The van der Waals surface area contributed by atoms with E-state index >= 15 is 0 Å². The van der Waals surface area contributed by atoms with Crippen molar-refractivity contribution < 1.29 is 14.1 Å². The van der Waals surface area contributed by atoms with E-state index in [0.29, 0.717) is 29.3 Å². The molecule has 0 atom stereocenters. The first-order valence-corrected chi connectivity index (χ1v) is 7.60. The van der Waals surface area contributed by atoms with Gasteiger partial charge in [0.05, 0.1) is 13.7 Å². The Bertz CT molecular complexity index is 821. The lowest BCUT2D eigenvalue weighted by Crippen LogP contribution is -2.22. The van der Waals surface area contributed by atoms with E-state index in [-0.39, 0.29) is 5.91 Å². The Morgan fingerprint density at radius 2 is 1.83 bits per heavy atom. The van der Waals surface area contributed by atoms with Gasteiger partial charge in [-0.2, -0.15) is 0 Å². The van der Waals surface area contributed by atoms with Crippen molar-refractivity contribution in [1.29, 1.82) is 0 Å². The van der Waals surface area contributed by atoms with Crippen LogP contribution in [0.2, 0.25) is 0 Å². The molecule has 0 radical (unpaired) electrons. The highest BCUT2D eigenvalue weighted by molar-refractivity contribution is 5.94. The van der Waals surface area contributed by atoms with Crippen LogP contribution in [-0.4, -0.2) is 18.2 Å². The van der Waals surface area contributed by atoms with E-state index in [1.165, 1.54) is 5.56 Å². The van der Waals surface area contributed by atoms with Crippen LogP contribution >= 0.6 is 0 Å². The Kier molecular flexibility index (Phi) is 4.61. The first kappa shape index (κ1) is 15.8. The number of carbonyl (C=O) groups is 1. The normalized spacial score (nSPS) is 10.4. The SMILES string of the molecule is COc1ccc(C(=O)NCc2cc(-c3ccc(C)cc3)on2)cc1. The number of hydrogen-bond donors (Lipinski definition) is 1. The zero-order valence-corrected chi connectivity index (χ0v) is 13.6. The molecule has 0 saturated heterocycles. The number of nitrogens with one attached hydrogen (secondary N) is 1. The molecule has 0 aliphatic rings. The lowest BCUT2D eigenvalue weighted by atomic mass is 10.1. The van der Waals surface area contributed by atoms with Gasteiger partial charge in [0.2, 0.25) is 0 Å². The molecule has 5 nitrogen and oxygen atoms in total. The minimum absolute atomic E-state index is 0.169. The second-order valence-electron chi connectivity index (χ2n) is 5.46. The van der Waals surface area contributed by atoms with Crippen molar-refractivity contribution in [1.82, 2.24) is 10.5 Å². The summed E-state index contributed by atoms with van der Waals surface area (Å²) in [7, 11) is 1.59. The molecule has 1 N–H and O–H groups in total. The van der Waals surface area contributed by atoms with Crippen molar-refractivity contribution in [3.05, 3.63) is 71.4 Å². The van der Waals surface area contributed by atoms with Gasteiger partial charge in [0.1, 0.15) is 11.4 Å². The van der Waals surface area contributed by atoms with Gasteiger partial charge in [-0.25, -0.2) is 0 Å². The lowest BCUT2D eigenvalue weighted by Gasteiger charge is -2.04. The van der Waals surface area contributed by atoms with Crippen molar-refractivity contribution in [3.63, 3.8) is 0 Å². The summed E-state index contributed by atoms with van der Waals surface area (Å²) in [5.41, 5.74) is 3.39. The van der Waals surface area contributed by atoms with Gasteiger partial charge in [-0.1, -0.05) is 35.0 Å². The summed E-state index contributed by atoms with van der Waals surface area (Å²) >= 11 is 0. The molecule has 122 valence electrons. The van der Waals surface area contributed by atoms with Gasteiger partial charge < -0.3 is 14.6 Å². The summed E-state index contributed by atoms with van der Waals surface area (Å²) in [6, 6.07) is 16.8. The zero-order valence-electron chi connectivity index (χ0n) is 13.6. The Morgan fingerprint density at radius 3 is 2.50 bits per heavy atom. The monoisotopic (exact) mass is 322 g/mol. The molecule has 0 bridgehead atoms. The average molecular weight is 322 g/mol. The molecule has 3 rings (SSSR count). The van der Waals surface area contributed by atoms with E-state index in [0.717, 1.165) is 5.56 Å². The van der Waals surface area contributed by atoms with E-state index in [1.807, 2.05) is 37.3 Å². The smallest absolute Gasteiger partial charge is 0.251 e. The molecule has 24 heavy (non-hydrogen) atoms. The number of nitrogens with zero attached hydrogens (tertiary/aromatic N) is 1. The predicted octanol–water partition coefficient (Wildman–Crippen LogP) is 3.59. The molecule has 2 aromatic carbocycles. The Hall–Kier alpha value is -3.08. The maximum Gasteiger partial charge on any atom is 0.251 e. The van der Waals surface area contributed by atoms with Crippen molar-refractivity contribution in [2.45, 2.75) is 13.5 Å². The van der Waals surface area contributed by atoms with Gasteiger partial charge in [-0.15, -0.1) is 0 Å². The first-order chi connectivity index (χ1) is 11.7. The van der Waals surface area contributed by atoms with E-state index < -0.39 is 0 Å². The topological polar surface area (TPSA) is 64.4 Å². The van der Waals surface area contributed by atoms with Gasteiger partial charge in [0.15, 0.2) is 5.76 Å². The highest BCUT2D eigenvalue weighted by atomic mass is 16.5. The Labute approximate surface area is 140 Å². The van der Waals surface area contributed by atoms with Crippen LogP contribution in [0.4, 0.5) is 0 Å². The fourth-order valence-electron chi connectivity index (χ4n) is 2.26. The summed E-state index contributed by atoms with van der Waals surface area (Å²) < 4.78 is 10.4. The number of rotatable bonds is 5. The van der Waals surface area contributed by atoms with Gasteiger partial charge in [0, 0.05) is 17.2 Å². The number of aryl methyl sites for hydroxylation is 1. The molecule has 3 aromatic rings. The zero-order chi connectivity index (χ0) is 16.9. The molecule has 0 spiro atoms. The van der Waals surface area contributed by atoms with E-state index in [4.69, 9.17) is 9.26 Å². The standard InChI is InChI=1S/C19H18N2O3/c1-13-3-5-14(6-4-13)18-11-16(21-24-18)12-20-19(22)15-7-9-17(23-2)10-8-15/h3-11H,12H2,1-2H3,(H,20,22). The molecular formula is C19H18N2O3. The fraction of sp³-hybridized carbons (Fsp3) is 0.158. The van der Waals surface area contributed by atoms with E-state index in [2.05, 4.69) is 10.5 Å². The molecule has 0 fully saturated rings. The number of hydrogen-bond acceptors (Lipinski definition) is 4. The summed E-state index contributed by atoms with van der Waals surface area (Å²) in [5.74, 6) is 1.23. The van der Waals surface area contributed by atoms with E-state index in [1.54, 1.807) is 31.4 Å². The van der Waals surface area contributed by atoms with Gasteiger partial charge in [-0.05, 0) is 31.2 Å². The number of benzene rings is 2. The van der Waals surface area contributed by atoms with Crippen molar-refractivity contribution in [2.24, 2.45) is 0 Å². The third-order valence-corrected chi connectivity index (χ3v) is 3.68. The fourth-order valence-corrected chi connectivity index (χ4v) is 2.26. The summed E-state index contributed by atoms with van der Waals surface area (Å²) in [6.45, 7) is 2.34. The van der Waals surface area contributed by atoms with Gasteiger partial charge >= 0.3 is 0 Å². The molecule has 0 unspecified atom stereocenters. The van der Waals surface area contributed by atoms with Gasteiger partial charge in [0.25, 0.3) is 5.91 Å². The third kappa shape index (κ3) is 3.63. The number of methoxy groups -OCH3 is 1. The van der Waals surface area contributed by atoms with Crippen molar-refractivity contribution >= 4 is 5.91 Å². The largest absolute Gasteiger partial charge is 0.497 e. The van der Waals surface area contributed by atoms with Crippen LogP contribution in [0.1, 0.15) is 21.6 Å². The number of carbonyl (C=O) groups excluding carboxylic acids is 1. The van der Waals surface area contributed by atoms with Crippen LogP contribution in [0.3, 0.4) is 0 Å². The number of aromatic nitrogens is 1. The highest BCUT2D eigenvalue weighted by Crippen LogP contribution is 2.20. The molecule has 0 aliphatic carbocycles. The quantitative estimate of drug-likeness (QED) is 0.779. The minimum atomic E-state index is -0.169. The highest BCUT2D eigenvalue weighted by Gasteiger charge is 2.09. The van der Waals surface area contributed by atoms with Gasteiger partial charge in [-0.3, -0.25) is 4.79 Å². The Morgan fingerprint density at radius 1 is 1.12 bits per heavy atom. The van der Waals surface area contributed by atoms with Crippen molar-refractivity contribution in [2.75, 3.05) is 7.11 Å². The maximum absolute atomic E-state index is 12.1. The number of amides is 1. The van der Waals surface area contributed by atoms with E-state index in [9.17, 15) is 4.79 Å². The molecule has 1 amide bonds. The third-order valence-electron chi connectivity index (χ3n) is 3.68. The first-order valence-electron chi connectivity index (χ1n) is 7.60. The molecule has 1 heterocycles. The van der Waals surface area contributed by atoms with Crippen LogP contribution in [0, 0.1) is 6.92 Å². The lowest BCUT2D eigenvalue weighted by molar-refractivity contribution is 0.0950. The molecule has 1 aromatic heterocycles. The predicted molar refractivity (Wildman–Crippen MR) is 90.8 cm³/mol. The maximum atomic E-state index is 12.1. The van der Waals surface area contributed by atoms with Crippen LogP contribution < -0.4 is 10.1 Å². The molecule has 5 heteroatoms. The summed E-state index contributed by atoms with van der Waals surface area (Å²) in [4.78, 5) is 12.1.